The number of nitrogens with zero attached hydrogens (tertiary/aromatic N) is 3. The van der Waals surface area contributed by atoms with Crippen molar-refractivity contribution in [1.29, 1.82) is 0 Å². The molecular weight excluding hydrogens is 400 g/mol. The molecule has 1 fully saturated rings. The third kappa shape index (κ3) is 4.09. The van der Waals surface area contributed by atoms with Crippen molar-refractivity contribution in [3.63, 3.8) is 0 Å². The maximum absolute atomic E-state index is 12.7. The van der Waals surface area contributed by atoms with Gasteiger partial charge in [0.2, 0.25) is 0 Å². The molecule has 154 valence electrons. The lowest BCUT2D eigenvalue weighted by molar-refractivity contribution is 0.0712. The fourth-order valence-electron chi connectivity index (χ4n) is 3.79. The molecule has 0 spiro atoms. The van der Waals surface area contributed by atoms with Crippen molar-refractivity contribution in [3.8, 4) is 0 Å². The number of hydrogen-bond acceptors (Lipinski definition) is 3. The molecule has 4 rings (SSSR count). The molecule has 6 nitrogen and oxygen atoms in total. The van der Waals surface area contributed by atoms with Gasteiger partial charge in [0.05, 0.1) is 10.6 Å². The minimum Gasteiger partial charge on any atom is -0.339 e. The zero-order valence-corrected chi connectivity index (χ0v) is 17.5. The number of rotatable bonds is 4. The minimum atomic E-state index is -0.157. The Balaban J connectivity index is 1.39. The van der Waals surface area contributed by atoms with Gasteiger partial charge >= 0.3 is 0 Å². The van der Waals surface area contributed by atoms with Crippen LogP contribution in [0.15, 0.2) is 60.7 Å². The van der Waals surface area contributed by atoms with Crippen molar-refractivity contribution in [1.82, 2.24) is 15.1 Å². The monoisotopic (exact) mass is 422 g/mol. The van der Waals surface area contributed by atoms with E-state index in [2.05, 4.69) is 10.2 Å². The Hall–Kier alpha value is -3.12. The minimum absolute atomic E-state index is 0.0380. The van der Waals surface area contributed by atoms with Gasteiger partial charge in [-0.25, -0.2) is 0 Å². The number of anilines is 1. The van der Waals surface area contributed by atoms with Crippen LogP contribution >= 0.6 is 11.6 Å². The van der Waals surface area contributed by atoms with Crippen molar-refractivity contribution in [2.45, 2.75) is 18.8 Å². The van der Waals surface area contributed by atoms with E-state index >= 15 is 0 Å². The number of halogens is 1. The standard InChI is InChI=1S/C23H23ClN4O2/c1-27(17-7-3-2-4-8-17)23(30)21-15-20(25-26-21)16-11-13-28(14-12-16)22(29)18-9-5-6-10-19(18)24/h2-10,15-16H,11-14H2,1H3,(H,25,26). The van der Waals surface area contributed by atoms with Crippen LogP contribution in [-0.2, 0) is 0 Å². The fraction of sp³-hybridized carbons (Fsp3) is 0.261. The number of nitrogens with one attached hydrogen (secondary N) is 1. The quantitative estimate of drug-likeness (QED) is 0.679. The fourth-order valence-corrected chi connectivity index (χ4v) is 4.01. The van der Waals surface area contributed by atoms with Gasteiger partial charge in [0.25, 0.3) is 11.8 Å². The average Bonchev–Trinajstić information content (AvgIpc) is 3.29. The van der Waals surface area contributed by atoms with Crippen molar-refractivity contribution < 1.29 is 9.59 Å². The van der Waals surface area contributed by atoms with Crippen molar-refractivity contribution >= 4 is 29.1 Å². The van der Waals surface area contributed by atoms with Gasteiger partial charge in [-0.1, -0.05) is 41.9 Å². The summed E-state index contributed by atoms with van der Waals surface area (Å²) < 4.78 is 0. The van der Waals surface area contributed by atoms with E-state index in [9.17, 15) is 9.59 Å². The number of carbonyl (C=O) groups excluding carboxylic acids is 2. The van der Waals surface area contributed by atoms with E-state index in [4.69, 9.17) is 11.6 Å². The summed E-state index contributed by atoms with van der Waals surface area (Å²) in [5.74, 6) is 0.0374. The number of piperidine rings is 1. The third-order valence-electron chi connectivity index (χ3n) is 5.59. The van der Waals surface area contributed by atoms with E-state index in [-0.39, 0.29) is 17.7 Å². The van der Waals surface area contributed by atoms with Crippen LogP contribution < -0.4 is 4.90 Å². The summed E-state index contributed by atoms with van der Waals surface area (Å²) >= 11 is 6.17. The maximum Gasteiger partial charge on any atom is 0.278 e. The second kappa shape index (κ2) is 8.71. The predicted octanol–water partition coefficient (Wildman–Crippen LogP) is 4.36. The second-order valence-electron chi connectivity index (χ2n) is 7.45. The molecule has 2 heterocycles. The Bertz CT molecular complexity index is 1040. The summed E-state index contributed by atoms with van der Waals surface area (Å²) in [7, 11) is 1.74. The Morgan fingerprint density at radius 3 is 2.43 bits per heavy atom. The highest BCUT2D eigenvalue weighted by Gasteiger charge is 2.27. The first kappa shape index (κ1) is 20.2. The topological polar surface area (TPSA) is 69.3 Å². The lowest BCUT2D eigenvalue weighted by Gasteiger charge is -2.31. The average molecular weight is 423 g/mol. The predicted molar refractivity (Wildman–Crippen MR) is 117 cm³/mol. The number of benzene rings is 2. The number of amides is 2. The highest BCUT2D eigenvalue weighted by molar-refractivity contribution is 6.33. The molecule has 2 aromatic carbocycles. The molecular formula is C23H23ClN4O2. The third-order valence-corrected chi connectivity index (χ3v) is 5.92. The molecule has 1 aliphatic heterocycles. The van der Waals surface area contributed by atoms with Crippen LogP contribution in [0.5, 0.6) is 0 Å². The summed E-state index contributed by atoms with van der Waals surface area (Å²) in [5, 5.41) is 7.74. The molecule has 1 aliphatic rings. The molecule has 2 amide bonds. The number of likely N-dealkylation sites (tertiary alicyclic amines) is 1. The SMILES string of the molecule is CN(C(=O)c1cc(C2CCN(C(=O)c3ccccc3Cl)CC2)[nH]n1)c1ccccc1. The Morgan fingerprint density at radius 2 is 1.73 bits per heavy atom. The van der Waals surface area contributed by atoms with Gasteiger partial charge in [-0.15, -0.1) is 0 Å². The normalized spacial score (nSPS) is 14.5. The van der Waals surface area contributed by atoms with Crippen LogP contribution in [0.1, 0.15) is 45.3 Å². The zero-order valence-electron chi connectivity index (χ0n) is 16.7. The molecule has 3 aromatic rings. The summed E-state index contributed by atoms with van der Waals surface area (Å²) in [6.45, 7) is 1.28. The first-order valence-corrected chi connectivity index (χ1v) is 10.3. The number of aromatic nitrogens is 2. The summed E-state index contributed by atoms with van der Waals surface area (Å²) in [4.78, 5) is 28.9. The van der Waals surface area contributed by atoms with E-state index in [0.717, 1.165) is 24.2 Å². The molecule has 0 saturated carbocycles. The van der Waals surface area contributed by atoms with E-state index in [1.54, 1.807) is 24.1 Å². The Labute approximate surface area is 180 Å². The van der Waals surface area contributed by atoms with E-state index in [0.29, 0.717) is 29.4 Å². The highest BCUT2D eigenvalue weighted by atomic mass is 35.5. The van der Waals surface area contributed by atoms with Crippen LogP contribution in [0.25, 0.3) is 0 Å². The van der Waals surface area contributed by atoms with Crippen molar-refractivity contribution in [2.24, 2.45) is 0 Å². The maximum atomic E-state index is 12.7. The van der Waals surface area contributed by atoms with E-state index < -0.39 is 0 Å². The second-order valence-corrected chi connectivity index (χ2v) is 7.86. The van der Waals surface area contributed by atoms with Gasteiger partial charge in [0.15, 0.2) is 5.69 Å². The first-order valence-electron chi connectivity index (χ1n) is 9.97. The molecule has 1 N–H and O–H groups in total. The number of para-hydroxylation sites is 1. The highest BCUT2D eigenvalue weighted by Crippen LogP contribution is 2.29. The lowest BCUT2D eigenvalue weighted by Crippen LogP contribution is -2.38. The Morgan fingerprint density at radius 1 is 1.07 bits per heavy atom. The molecule has 30 heavy (non-hydrogen) atoms. The van der Waals surface area contributed by atoms with Crippen LogP contribution in [0.3, 0.4) is 0 Å². The van der Waals surface area contributed by atoms with Crippen LogP contribution in [0.4, 0.5) is 5.69 Å². The van der Waals surface area contributed by atoms with Gasteiger partial charge < -0.3 is 9.80 Å². The lowest BCUT2D eigenvalue weighted by atomic mass is 9.93. The number of hydrogen-bond donors (Lipinski definition) is 1. The molecule has 0 aliphatic carbocycles. The van der Waals surface area contributed by atoms with Crippen LogP contribution in [0, 0.1) is 0 Å². The first-order chi connectivity index (χ1) is 14.5. The van der Waals surface area contributed by atoms with Gasteiger partial charge in [-0.3, -0.25) is 14.7 Å². The molecule has 1 saturated heterocycles. The molecule has 0 unspecified atom stereocenters. The zero-order chi connectivity index (χ0) is 21.1. The number of H-pyrrole nitrogens is 1. The largest absolute Gasteiger partial charge is 0.339 e. The molecule has 0 bridgehead atoms. The van der Waals surface area contributed by atoms with Crippen LogP contribution in [-0.4, -0.2) is 47.0 Å². The summed E-state index contributed by atoms with van der Waals surface area (Å²) in [6.07, 6.45) is 1.61. The van der Waals surface area contributed by atoms with E-state index in [1.165, 1.54) is 0 Å². The molecule has 0 atom stereocenters. The van der Waals surface area contributed by atoms with Crippen molar-refractivity contribution in [3.05, 3.63) is 82.6 Å². The van der Waals surface area contributed by atoms with Gasteiger partial charge in [0.1, 0.15) is 0 Å². The van der Waals surface area contributed by atoms with Crippen molar-refractivity contribution in [2.75, 3.05) is 25.0 Å². The number of aromatic amines is 1. The van der Waals surface area contributed by atoms with Crippen LogP contribution in [0.2, 0.25) is 5.02 Å². The molecule has 1 aromatic heterocycles. The molecule has 7 heteroatoms. The van der Waals surface area contributed by atoms with Gasteiger partial charge in [-0.05, 0) is 43.2 Å². The van der Waals surface area contributed by atoms with Gasteiger partial charge in [-0.2, -0.15) is 5.10 Å². The number of carbonyl (C=O) groups is 2. The van der Waals surface area contributed by atoms with E-state index in [1.807, 2.05) is 53.4 Å². The summed E-state index contributed by atoms with van der Waals surface area (Å²) in [5.41, 5.74) is 2.69. The van der Waals surface area contributed by atoms with Gasteiger partial charge in [0, 0.05) is 37.4 Å². The smallest absolute Gasteiger partial charge is 0.278 e. The Kier molecular flexibility index (Phi) is 5.86. The summed E-state index contributed by atoms with van der Waals surface area (Å²) in [6, 6.07) is 18.4. The molecule has 0 radical (unpaired) electrons.